The molecule has 0 aliphatic heterocycles. The first kappa shape index (κ1) is 14.9. The molecule has 102 valence electrons. The van der Waals surface area contributed by atoms with E-state index in [0.717, 1.165) is 51.1 Å². The van der Waals surface area contributed by atoms with Crippen LogP contribution in [0.3, 0.4) is 0 Å². The molecular formula is C14H29NO2. The molecule has 0 atom stereocenters. The quantitative estimate of drug-likeness (QED) is 0.598. The van der Waals surface area contributed by atoms with E-state index < -0.39 is 0 Å². The Morgan fingerprint density at radius 3 is 2.53 bits per heavy atom. The summed E-state index contributed by atoms with van der Waals surface area (Å²) in [7, 11) is 0. The number of aliphatic hydroxyl groups excluding tert-OH is 1. The van der Waals surface area contributed by atoms with Crippen LogP contribution in [0.4, 0.5) is 0 Å². The molecule has 0 bridgehead atoms. The van der Waals surface area contributed by atoms with Gasteiger partial charge < -0.3 is 9.84 Å². The zero-order valence-electron chi connectivity index (χ0n) is 11.5. The summed E-state index contributed by atoms with van der Waals surface area (Å²) < 4.78 is 5.67. The van der Waals surface area contributed by atoms with E-state index in [-0.39, 0.29) is 0 Å². The largest absolute Gasteiger partial charge is 0.396 e. The Morgan fingerprint density at radius 1 is 1.24 bits per heavy atom. The lowest BCUT2D eigenvalue weighted by Gasteiger charge is -2.37. The van der Waals surface area contributed by atoms with E-state index in [1.54, 1.807) is 0 Å². The van der Waals surface area contributed by atoms with Crippen LogP contribution in [0.25, 0.3) is 0 Å². The van der Waals surface area contributed by atoms with Crippen LogP contribution in [0, 0.1) is 5.92 Å². The minimum absolute atomic E-state index is 0.303. The Balaban J connectivity index is 2.06. The van der Waals surface area contributed by atoms with E-state index in [4.69, 9.17) is 9.84 Å². The van der Waals surface area contributed by atoms with Crippen LogP contribution in [0.15, 0.2) is 0 Å². The van der Waals surface area contributed by atoms with Crippen LogP contribution in [0.1, 0.15) is 46.0 Å². The maximum absolute atomic E-state index is 8.90. The number of hydrogen-bond donors (Lipinski definition) is 1. The van der Waals surface area contributed by atoms with Gasteiger partial charge in [-0.1, -0.05) is 20.3 Å². The van der Waals surface area contributed by atoms with Crippen LogP contribution in [0.2, 0.25) is 0 Å². The van der Waals surface area contributed by atoms with Crippen molar-refractivity contribution in [1.82, 2.24) is 4.90 Å². The number of rotatable bonds is 10. The van der Waals surface area contributed by atoms with Gasteiger partial charge in [0, 0.05) is 32.3 Å². The first-order valence-electron chi connectivity index (χ1n) is 7.16. The molecule has 0 saturated heterocycles. The average molecular weight is 243 g/mol. The van der Waals surface area contributed by atoms with Gasteiger partial charge in [-0.15, -0.1) is 0 Å². The molecule has 1 aliphatic rings. The third-order valence-corrected chi connectivity index (χ3v) is 3.56. The molecule has 1 aliphatic carbocycles. The van der Waals surface area contributed by atoms with Crippen LogP contribution >= 0.6 is 0 Å². The van der Waals surface area contributed by atoms with Gasteiger partial charge in [0.05, 0.1) is 6.61 Å². The van der Waals surface area contributed by atoms with E-state index in [0.29, 0.717) is 6.61 Å². The van der Waals surface area contributed by atoms with Gasteiger partial charge in [-0.05, 0) is 31.6 Å². The lowest BCUT2D eigenvalue weighted by atomic mass is 9.91. The van der Waals surface area contributed by atoms with E-state index in [9.17, 15) is 0 Å². The number of ether oxygens (including phenoxy) is 1. The fourth-order valence-corrected chi connectivity index (χ4v) is 2.11. The van der Waals surface area contributed by atoms with Crippen molar-refractivity contribution in [2.45, 2.75) is 52.0 Å². The van der Waals surface area contributed by atoms with Crippen LogP contribution in [0.5, 0.6) is 0 Å². The molecule has 0 unspecified atom stereocenters. The molecule has 0 aromatic heterocycles. The van der Waals surface area contributed by atoms with E-state index in [1.165, 1.54) is 19.3 Å². The highest BCUT2D eigenvalue weighted by Gasteiger charge is 2.23. The van der Waals surface area contributed by atoms with Gasteiger partial charge in [0.15, 0.2) is 0 Å². The highest BCUT2D eigenvalue weighted by molar-refractivity contribution is 4.79. The van der Waals surface area contributed by atoms with Crippen molar-refractivity contribution in [3.63, 3.8) is 0 Å². The summed E-state index contributed by atoms with van der Waals surface area (Å²) >= 11 is 0. The molecule has 1 rings (SSSR count). The number of nitrogens with zero attached hydrogens (tertiary/aromatic N) is 1. The number of hydrogen-bond acceptors (Lipinski definition) is 3. The molecule has 0 heterocycles. The summed E-state index contributed by atoms with van der Waals surface area (Å²) in [5.74, 6) is 0.729. The maximum Gasteiger partial charge on any atom is 0.0593 e. The van der Waals surface area contributed by atoms with Crippen molar-refractivity contribution in [3.8, 4) is 0 Å². The van der Waals surface area contributed by atoms with E-state index >= 15 is 0 Å². The van der Waals surface area contributed by atoms with Crippen molar-refractivity contribution in [3.05, 3.63) is 0 Å². The predicted molar refractivity (Wildman–Crippen MR) is 71.2 cm³/mol. The van der Waals surface area contributed by atoms with Gasteiger partial charge in [0.25, 0.3) is 0 Å². The molecule has 0 aromatic carbocycles. The monoisotopic (exact) mass is 243 g/mol. The second-order valence-corrected chi connectivity index (χ2v) is 5.49. The fourth-order valence-electron chi connectivity index (χ4n) is 2.11. The molecule has 0 radical (unpaired) electrons. The Labute approximate surface area is 106 Å². The topological polar surface area (TPSA) is 32.7 Å². The highest BCUT2D eigenvalue weighted by Crippen LogP contribution is 2.24. The molecule has 17 heavy (non-hydrogen) atoms. The molecule has 1 N–H and O–H groups in total. The Hall–Kier alpha value is -0.120. The van der Waals surface area contributed by atoms with E-state index in [1.807, 2.05) is 0 Å². The summed E-state index contributed by atoms with van der Waals surface area (Å²) in [6.07, 6.45) is 6.08. The minimum atomic E-state index is 0.303. The normalized spacial score (nSPS) is 16.8. The smallest absolute Gasteiger partial charge is 0.0593 e. The first-order valence-corrected chi connectivity index (χ1v) is 7.16. The third-order valence-electron chi connectivity index (χ3n) is 3.56. The van der Waals surface area contributed by atoms with Crippen molar-refractivity contribution in [2.75, 3.05) is 32.9 Å². The zero-order valence-corrected chi connectivity index (χ0v) is 11.5. The maximum atomic E-state index is 8.90. The molecule has 3 nitrogen and oxygen atoms in total. The van der Waals surface area contributed by atoms with Crippen LogP contribution < -0.4 is 0 Å². The van der Waals surface area contributed by atoms with Gasteiger partial charge in [-0.2, -0.15) is 0 Å². The van der Waals surface area contributed by atoms with Crippen LogP contribution in [-0.4, -0.2) is 49.0 Å². The van der Waals surface area contributed by atoms with Gasteiger partial charge in [-0.25, -0.2) is 0 Å². The van der Waals surface area contributed by atoms with Gasteiger partial charge >= 0.3 is 0 Å². The molecule has 1 saturated carbocycles. The standard InChI is InChI=1S/C14H29NO2/c1-13(2)7-11-17-12-9-15(8-4-10-16)14-5-3-6-14/h13-14,16H,3-12H2,1-2H3. The molecule has 0 amide bonds. The lowest BCUT2D eigenvalue weighted by Crippen LogP contribution is -2.42. The Bertz CT molecular complexity index is 181. The van der Waals surface area contributed by atoms with E-state index in [2.05, 4.69) is 18.7 Å². The summed E-state index contributed by atoms with van der Waals surface area (Å²) in [4.78, 5) is 2.50. The molecule has 1 fully saturated rings. The zero-order chi connectivity index (χ0) is 12.5. The molecule has 3 heteroatoms. The third kappa shape index (κ3) is 6.39. The molecule has 0 spiro atoms. The Kier molecular flexibility index (Phi) is 7.82. The summed E-state index contributed by atoms with van der Waals surface area (Å²) in [6, 6.07) is 0.759. The summed E-state index contributed by atoms with van der Waals surface area (Å²) in [5.41, 5.74) is 0. The highest BCUT2D eigenvalue weighted by atomic mass is 16.5. The minimum Gasteiger partial charge on any atom is -0.396 e. The second-order valence-electron chi connectivity index (χ2n) is 5.49. The predicted octanol–water partition coefficient (Wildman–Crippen LogP) is 2.29. The molecule has 0 aromatic rings. The number of aliphatic hydroxyl groups is 1. The summed E-state index contributed by atoms with van der Waals surface area (Å²) in [5, 5.41) is 8.90. The Morgan fingerprint density at radius 2 is 2.00 bits per heavy atom. The second kappa shape index (κ2) is 8.90. The van der Waals surface area contributed by atoms with Crippen LogP contribution in [-0.2, 0) is 4.74 Å². The van der Waals surface area contributed by atoms with Crippen molar-refractivity contribution >= 4 is 0 Å². The fraction of sp³-hybridized carbons (Fsp3) is 1.00. The van der Waals surface area contributed by atoms with Crippen molar-refractivity contribution in [1.29, 1.82) is 0 Å². The van der Waals surface area contributed by atoms with Gasteiger partial charge in [-0.3, -0.25) is 4.90 Å². The lowest BCUT2D eigenvalue weighted by molar-refractivity contribution is 0.0568. The first-order chi connectivity index (χ1) is 8.24. The van der Waals surface area contributed by atoms with Crippen molar-refractivity contribution in [2.24, 2.45) is 5.92 Å². The average Bonchev–Trinajstić information content (AvgIpc) is 2.21. The SMILES string of the molecule is CC(C)CCOCCN(CCCO)C1CCC1. The van der Waals surface area contributed by atoms with Crippen molar-refractivity contribution < 1.29 is 9.84 Å². The van der Waals surface area contributed by atoms with Gasteiger partial charge in [0.1, 0.15) is 0 Å². The van der Waals surface area contributed by atoms with Gasteiger partial charge in [0.2, 0.25) is 0 Å². The molecular weight excluding hydrogens is 214 g/mol. The summed E-state index contributed by atoms with van der Waals surface area (Å²) in [6.45, 7) is 8.54.